The van der Waals surface area contributed by atoms with Crippen molar-refractivity contribution >= 4 is 17.7 Å². The molecule has 1 aromatic rings. The fourth-order valence-corrected chi connectivity index (χ4v) is 3.37. The average molecular weight is 249 g/mol. The van der Waals surface area contributed by atoms with Crippen molar-refractivity contribution < 1.29 is 4.79 Å². The first kappa shape index (κ1) is 12.5. The summed E-state index contributed by atoms with van der Waals surface area (Å²) in [7, 11) is 0. The molecule has 0 spiro atoms. The van der Waals surface area contributed by atoms with E-state index in [2.05, 4.69) is 19.1 Å². The molecule has 1 aromatic carbocycles. The fourth-order valence-electron chi connectivity index (χ4n) is 2.09. The number of unbranched alkanes of at least 4 members (excludes halogenated alkanes) is 1. The van der Waals surface area contributed by atoms with Gasteiger partial charge in [-0.3, -0.25) is 4.79 Å². The van der Waals surface area contributed by atoms with Crippen molar-refractivity contribution in [2.75, 3.05) is 12.3 Å². The Bertz CT molecular complexity index is 366. The molecule has 2 rings (SSSR count). The summed E-state index contributed by atoms with van der Waals surface area (Å²) in [6, 6.07) is 10.3. The Kier molecular flexibility index (Phi) is 4.49. The standard InChI is InChI=1S/C14H19NOS/c1-2-3-9-13(16)15-10-11-17-14(15)12-7-5-4-6-8-12/h4-8,14H,2-3,9-11H2,1H3/t14-/m0/s1. The van der Waals surface area contributed by atoms with Crippen LogP contribution in [0.2, 0.25) is 0 Å². The Balaban J connectivity index is 2.05. The molecule has 0 aliphatic carbocycles. The first-order valence-corrected chi connectivity index (χ1v) is 7.34. The zero-order valence-electron chi connectivity index (χ0n) is 10.3. The van der Waals surface area contributed by atoms with Crippen molar-refractivity contribution in [2.45, 2.75) is 31.6 Å². The zero-order chi connectivity index (χ0) is 12.1. The molecule has 0 radical (unpaired) electrons. The maximum absolute atomic E-state index is 12.1. The van der Waals surface area contributed by atoms with Crippen LogP contribution in [0.4, 0.5) is 0 Å². The topological polar surface area (TPSA) is 20.3 Å². The lowest BCUT2D eigenvalue weighted by atomic mass is 10.2. The van der Waals surface area contributed by atoms with E-state index in [9.17, 15) is 4.79 Å². The molecule has 0 saturated carbocycles. The van der Waals surface area contributed by atoms with Crippen LogP contribution in [-0.2, 0) is 4.79 Å². The van der Waals surface area contributed by atoms with Gasteiger partial charge in [0.2, 0.25) is 5.91 Å². The molecule has 1 amide bonds. The van der Waals surface area contributed by atoms with Gasteiger partial charge in [-0.15, -0.1) is 11.8 Å². The monoisotopic (exact) mass is 249 g/mol. The van der Waals surface area contributed by atoms with E-state index in [0.29, 0.717) is 12.3 Å². The lowest BCUT2D eigenvalue weighted by Crippen LogP contribution is -2.30. The van der Waals surface area contributed by atoms with E-state index in [1.165, 1.54) is 5.56 Å². The van der Waals surface area contributed by atoms with Gasteiger partial charge in [-0.05, 0) is 12.0 Å². The summed E-state index contributed by atoms with van der Waals surface area (Å²) in [6.45, 7) is 3.02. The molecule has 0 aromatic heterocycles. The summed E-state index contributed by atoms with van der Waals surface area (Å²) < 4.78 is 0. The number of carbonyl (C=O) groups is 1. The van der Waals surface area contributed by atoms with Gasteiger partial charge in [0.05, 0.1) is 0 Å². The Morgan fingerprint density at radius 2 is 2.18 bits per heavy atom. The van der Waals surface area contributed by atoms with Crippen molar-refractivity contribution in [3.05, 3.63) is 35.9 Å². The van der Waals surface area contributed by atoms with Gasteiger partial charge in [0, 0.05) is 18.7 Å². The van der Waals surface area contributed by atoms with Crippen LogP contribution in [-0.4, -0.2) is 23.1 Å². The summed E-state index contributed by atoms with van der Waals surface area (Å²) in [5.41, 5.74) is 1.25. The van der Waals surface area contributed by atoms with Gasteiger partial charge in [-0.2, -0.15) is 0 Å². The van der Waals surface area contributed by atoms with Gasteiger partial charge in [0.1, 0.15) is 5.37 Å². The molecule has 92 valence electrons. The number of carbonyl (C=O) groups excluding carboxylic acids is 1. The van der Waals surface area contributed by atoms with E-state index in [-0.39, 0.29) is 5.37 Å². The van der Waals surface area contributed by atoms with E-state index >= 15 is 0 Å². The second-order valence-corrected chi connectivity index (χ2v) is 5.51. The van der Waals surface area contributed by atoms with Crippen LogP contribution in [0.5, 0.6) is 0 Å². The van der Waals surface area contributed by atoms with Crippen molar-refractivity contribution in [3.8, 4) is 0 Å². The van der Waals surface area contributed by atoms with Crippen LogP contribution in [0.25, 0.3) is 0 Å². The Morgan fingerprint density at radius 1 is 1.41 bits per heavy atom. The van der Waals surface area contributed by atoms with E-state index < -0.39 is 0 Å². The molecule has 0 bridgehead atoms. The third kappa shape index (κ3) is 3.03. The highest BCUT2D eigenvalue weighted by Crippen LogP contribution is 2.38. The summed E-state index contributed by atoms with van der Waals surface area (Å²) >= 11 is 1.87. The smallest absolute Gasteiger partial charge is 0.223 e. The molecule has 1 atom stereocenters. The minimum atomic E-state index is 0.237. The zero-order valence-corrected chi connectivity index (χ0v) is 11.1. The van der Waals surface area contributed by atoms with Crippen molar-refractivity contribution in [2.24, 2.45) is 0 Å². The molecule has 17 heavy (non-hydrogen) atoms. The molecule has 1 aliphatic rings. The number of amides is 1. The molecule has 0 unspecified atom stereocenters. The highest BCUT2D eigenvalue weighted by Gasteiger charge is 2.29. The van der Waals surface area contributed by atoms with E-state index in [0.717, 1.165) is 25.1 Å². The minimum absolute atomic E-state index is 0.237. The van der Waals surface area contributed by atoms with Crippen LogP contribution in [0.1, 0.15) is 37.1 Å². The number of rotatable bonds is 4. The molecule has 1 fully saturated rings. The van der Waals surface area contributed by atoms with Crippen LogP contribution in [0.15, 0.2) is 30.3 Å². The number of hydrogen-bond donors (Lipinski definition) is 0. The van der Waals surface area contributed by atoms with Gasteiger partial charge in [0.15, 0.2) is 0 Å². The maximum Gasteiger partial charge on any atom is 0.223 e. The first-order valence-electron chi connectivity index (χ1n) is 6.29. The van der Waals surface area contributed by atoms with Crippen LogP contribution < -0.4 is 0 Å². The third-order valence-electron chi connectivity index (χ3n) is 3.04. The number of benzene rings is 1. The van der Waals surface area contributed by atoms with Gasteiger partial charge < -0.3 is 4.90 Å². The molecule has 2 nitrogen and oxygen atoms in total. The summed E-state index contributed by atoms with van der Waals surface area (Å²) in [5.74, 6) is 1.36. The van der Waals surface area contributed by atoms with Crippen LogP contribution in [0.3, 0.4) is 0 Å². The minimum Gasteiger partial charge on any atom is -0.326 e. The van der Waals surface area contributed by atoms with Gasteiger partial charge >= 0.3 is 0 Å². The normalized spacial score (nSPS) is 19.6. The number of thioether (sulfide) groups is 1. The Hall–Kier alpha value is -0.960. The maximum atomic E-state index is 12.1. The van der Waals surface area contributed by atoms with Gasteiger partial charge in [-0.1, -0.05) is 43.7 Å². The lowest BCUT2D eigenvalue weighted by Gasteiger charge is -2.24. The molecule has 1 aliphatic heterocycles. The van der Waals surface area contributed by atoms with Gasteiger partial charge in [-0.25, -0.2) is 0 Å². The summed E-state index contributed by atoms with van der Waals surface area (Å²) in [4.78, 5) is 14.1. The average Bonchev–Trinajstić information content (AvgIpc) is 2.86. The van der Waals surface area contributed by atoms with Crippen LogP contribution >= 0.6 is 11.8 Å². The number of nitrogens with zero attached hydrogens (tertiary/aromatic N) is 1. The van der Waals surface area contributed by atoms with E-state index in [4.69, 9.17) is 0 Å². The first-order chi connectivity index (χ1) is 8.33. The quantitative estimate of drug-likeness (QED) is 0.814. The largest absolute Gasteiger partial charge is 0.326 e. The van der Waals surface area contributed by atoms with E-state index in [1.54, 1.807) is 0 Å². The second kappa shape index (κ2) is 6.10. The fraction of sp³-hybridized carbons (Fsp3) is 0.500. The van der Waals surface area contributed by atoms with E-state index in [1.807, 2.05) is 34.9 Å². The second-order valence-electron chi connectivity index (χ2n) is 4.32. The molecule has 1 heterocycles. The number of hydrogen-bond acceptors (Lipinski definition) is 2. The third-order valence-corrected chi connectivity index (χ3v) is 4.30. The summed E-state index contributed by atoms with van der Waals surface area (Å²) in [6.07, 6.45) is 2.78. The molecular formula is C14H19NOS. The highest BCUT2D eigenvalue weighted by molar-refractivity contribution is 7.99. The predicted octanol–water partition coefficient (Wildman–Crippen LogP) is 3.45. The predicted molar refractivity (Wildman–Crippen MR) is 72.9 cm³/mol. The molecular weight excluding hydrogens is 230 g/mol. The lowest BCUT2D eigenvalue weighted by molar-refractivity contribution is -0.131. The SMILES string of the molecule is CCCCC(=O)N1CCS[C@H]1c1ccccc1. The highest BCUT2D eigenvalue weighted by atomic mass is 32.2. The molecule has 0 N–H and O–H groups in total. The van der Waals surface area contributed by atoms with Crippen molar-refractivity contribution in [1.82, 2.24) is 4.90 Å². The summed E-state index contributed by atoms with van der Waals surface area (Å²) in [5, 5.41) is 0.237. The molecule has 3 heteroatoms. The van der Waals surface area contributed by atoms with Crippen LogP contribution in [0, 0.1) is 0 Å². The Labute approximate surface area is 107 Å². The van der Waals surface area contributed by atoms with Crippen molar-refractivity contribution in [1.29, 1.82) is 0 Å². The van der Waals surface area contributed by atoms with Crippen molar-refractivity contribution in [3.63, 3.8) is 0 Å². The van der Waals surface area contributed by atoms with Gasteiger partial charge in [0.25, 0.3) is 0 Å². The Morgan fingerprint density at radius 3 is 2.88 bits per heavy atom. The molecule has 1 saturated heterocycles.